The van der Waals surface area contributed by atoms with E-state index in [4.69, 9.17) is 5.11 Å². The van der Waals surface area contributed by atoms with Crippen LogP contribution in [-0.2, 0) is 9.59 Å². The molecule has 0 aromatic rings. The maximum atomic E-state index is 12.1. The molecule has 0 saturated carbocycles. The van der Waals surface area contributed by atoms with Crippen LogP contribution in [0.1, 0.15) is 39.5 Å². The van der Waals surface area contributed by atoms with E-state index in [9.17, 15) is 14.4 Å². The van der Waals surface area contributed by atoms with Crippen molar-refractivity contribution in [1.29, 1.82) is 0 Å². The fourth-order valence-electron chi connectivity index (χ4n) is 2.17. The molecule has 3 amide bonds. The van der Waals surface area contributed by atoms with Gasteiger partial charge in [-0.25, -0.2) is 9.59 Å². The SMILES string of the molecule is CCCNC(=O)C(C)NC(=O)N1CCCCC1C(=O)O. The van der Waals surface area contributed by atoms with Crippen molar-refractivity contribution in [1.82, 2.24) is 15.5 Å². The average molecular weight is 285 g/mol. The first-order valence-electron chi connectivity index (χ1n) is 7.05. The number of aliphatic carboxylic acids is 1. The third-order valence-electron chi connectivity index (χ3n) is 3.33. The number of rotatable bonds is 5. The number of amides is 3. The normalized spacial score (nSPS) is 20.1. The second kappa shape index (κ2) is 7.72. The molecule has 0 aromatic heterocycles. The molecule has 7 heteroatoms. The van der Waals surface area contributed by atoms with Gasteiger partial charge in [-0.05, 0) is 32.6 Å². The number of hydrogen-bond donors (Lipinski definition) is 3. The zero-order chi connectivity index (χ0) is 15.1. The lowest BCUT2D eigenvalue weighted by atomic mass is 10.0. The number of carboxylic acids is 1. The van der Waals surface area contributed by atoms with Crippen molar-refractivity contribution in [3.63, 3.8) is 0 Å². The molecule has 1 heterocycles. The van der Waals surface area contributed by atoms with Gasteiger partial charge in [0.05, 0.1) is 0 Å². The molecule has 1 aliphatic heterocycles. The van der Waals surface area contributed by atoms with Gasteiger partial charge < -0.3 is 20.6 Å². The first-order valence-corrected chi connectivity index (χ1v) is 7.05. The van der Waals surface area contributed by atoms with E-state index in [0.29, 0.717) is 19.5 Å². The van der Waals surface area contributed by atoms with Crippen LogP contribution in [0, 0.1) is 0 Å². The Labute approximate surface area is 118 Å². The fourth-order valence-corrected chi connectivity index (χ4v) is 2.17. The summed E-state index contributed by atoms with van der Waals surface area (Å²) < 4.78 is 0. The summed E-state index contributed by atoms with van der Waals surface area (Å²) in [7, 11) is 0. The van der Waals surface area contributed by atoms with Gasteiger partial charge in [-0.15, -0.1) is 0 Å². The Bertz CT molecular complexity index is 373. The minimum absolute atomic E-state index is 0.260. The fraction of sp³-hybridized carbons (Fsp3) is 0.769. The second-order valence-electron chi connectivity index (χ2n) is 5.01. The highest BCUT2D eigenvalue weighted by atomic mass is 16.4. The van der Waals surface area contributed by atoms with Crippen LogP contribution in [0.5, 0.6) is 0 Å². The quantitative estimate of drug-likeness (QED) is 0.687. The summed E-state index contributed by atoms with van der Waals surface area (Å²) in [6.45, 7) is 4.49. The largest absolute Gasteiger partial charge is 0.480 e. The summed E-state index contributed by atoms with van der Waals surface area (Å²) in [5, 5.41) is 14.4. The zero-order valence-corrected chi connectivity index (χ0v) is 12.0. The van der Waals surface area contributed by atoms with Crippen LogP contribution in [0.4, 0.5) is 4.79 Å². The van der Waals surface area contributed by atoms with Crippen LogP contribution in [0.3, 0.4) is 0 Å². The highest BCUT2D eigenvalue weighted by Crippen LogP contribution is 2.17. The Hall–Kier alpha value is -1.79. The lowest BCUT2D eigenvalue weighted by Crippen LogP contribution is -2.55. The van der Waals surface area contributed by atoms with Crippen LogP contribution < -0.4 is 10.6 Å². The first-order chi connectivity index (χ1) is 9.47. The number of urea groups is 1. The number of nitrogens with one attached hydrogen (secondary N) is 2. The van der Waals surface area contributed by atoms with E-state index in [1.807, 2.05) is 6.92 Å². The lowest BCUT2D eigenvalue weighted by molar-refractivity contribution is -0.143. The Morgan fingerprint density at radius 3 is 2.65 bits per heavy atom. The highest BCUT2D eigenvalue weighted by Gasteiger charge is 2.32. The standard InChI is InChI=1S/C13H23N3O4/c1-3-7-14-11(17)9(2)15-13(20)16-8-5-4-6-10(16)12(18)19/h9-10H,3-8H2,1-2H3,(H,14,17)(H,15,20)(H,18,19). The van der Waals surface area contributed by atoms with Gasteiger partial charge in [0.25, 0.3) is 0 Å². The zero-order valence-electron chi connectivity index (χ0n) is 12.0. The summed E-state index contributed by atoms with van der Waals surface area (Å²) in [6, 6.07) is -1.96. The lowest BCUT2D eigenvalue weighted by Gasteiger charge is -2.33. The van der Waals surface area contributed by atoms with Gasteiger partial charge >= 0.3 is 12.0 Å². The van der Waals surface area contributed by atoms with Crippen LogP contribution in [-0.4, -0.2) is 53.1 Å². The first kappa shape index (κ1) is 16.3. The van der Waals surface area contributed by atoms with Gasteiger partial charge in [0.15, 0.2) is 0 Å². The molecule has 1 fully saturated rings. The predicted octanol–water partition coefficient (Wildman–Crippen LogP) is 0.550. The molecular formula is C13H23N3O4. The van der Waals surface area contributed by atoms with Crippen molar-refractivity contribution in [2.75, 3.05) is 13.1 Å². The van der Waals surface area contributed by atoms with E-state index < -0.39 is 24.1 Å². The summed E-state index contributed by atoms with van der Waals surface area (Å²) in [5.41, 5.74) is 0. The second-order valence-corrected chi connectivity index (χ2v) is 5.01. The average Bonchev–Trinajstić information content (AvgIpc) is 2.44. The molecule has 1 saturated heterocycles. The van der Waals surface area contributed by atoms with Gasteiger partial charge in [0.1, 0.15) is 12.1 Å². The monoisotopic (exact) mass is 285 g/mol. The molecule has 1 rings (SSSR count). The van der Waals surface area contributed by atoms with E-state index >= 15 is 0 Å². The Kier molecular flexibility index (Phi) is 6.27. The van der Waals surface area contributed by atoms with Crippen LogP contribution in [0.2, 0.25) is 0 Å². The number of piperidine rings is 1. The van der Waals surface area contributed by atoms with Crippen molar-refractivity contribution in [3.05, 3.63) is 0 Å². The molecule has 2 unspecified atom stereocenters. The van der Waals surface area contributed by atoms with Crippen molar-refractivity contribution < 1.29 is 19.5 Å². The maximum absolute atomic E-state index is 12.1. The van der Waals surface area contributed by atoms with E-state index in [0.717, 1.165) is 19.3 Å². The minimum Gasteiger partial charge on any atom is -0.480 e. The summed E-state index contributed by atoms with van der Waals surface area (Å²) in [6.07, 6.45) is 2.86. The van der Waals surface area contributed by atoms with Gasteiger partial charge in [0.2, 0.25) is 5.91 Å². The van der Waals surface area contributed by atoms with E-state index in [2.05, 4.69) is 10.6 Å². The van der Waals surface area contributed by atoms with Crippen molar-refractivity contribution in [3.8, 4) is 0 Å². The third kappa shape index (κ3) is 4.40. The number of likely N-dealkylation sites (tertiary alicyclic amines) is 1. The summed E-state index contributed by atoms with van der Waals surface area (Å²) >= 11 is 0. The van der Waals surface area contributed by atoms with E-state index in [-0.39, 0.29) is 5.91 Å². The summed E-state index contributed by atoms with van der Waals surface area (Å²) in [4.78, 5) is 36.2. The topological polar surface area (TPSA) is 98.7 Å². The van der Waals surface area contributed by atoms with Crippen molar-refractivity contribution in [2.45, 2.75) is 51.6 Å². The summed E-state index contributed by atoms with van der Waals surface area (Å²) in [5.74, 6) is -1.26. The van der Waals surface area contributed by atoms with Crippen molar-refractivity contribution in [2.24, 2.45) is 0 Å². The number of hydrogen-bond acceptors (Lipinski definition) is 3. The molecule has 0 aromatic carbocycles. The van der Waals surface area contributed by atoms with Gasteiger partial charge in [-0.1, -0.05) is 6.92 Å². The molecule has 0 radical (unpaired) electrons. The molecule has 0 bridgehead atoms. The van der Waals surface area contributed by atoms with Crippen LogP contribution in [0.25, 0.3) is 0 Å². The molecule has 7 nitrogen and oxygen atoms in total. The number of carbonyl (C=O) groups excluding carboxylic acids is 2. The minimum atomic E-state index is -0.997. The van der Waals surface area contributed by atoms with Gasteiger partial charge in [-0.2, -0.15) is 0 Å². The molecule has 3 N–H and O–H groups in total. The Morgan fingerprint density at radius 1 is 1.35 bits per heavy atom. The van der Waals surface area contributed by atoms with Crippen molar-refractivity contribution >= 4 is 17.9 Å². The maximum Gasteiger partial charge on any atom is 0.326 e. The Balaban J connectivity index is 2.55. The number of carbonyl (C=O) groups is 3. The highest BCUT2D eigenvalue weighted by molar-refractivity contribution is 5.88. The van der Waals surface area contributed by atoms with Crippen LogP contribution in [0.15, 0.2) is 0 Å². The van der Waals surface area contributed by atoms with Gasteiger partial charge in [-0.3, -0.25) is 4.79 Å². The number of carboxylic acid groups (broad SMARTS) is 1. The molecule has 0 spiro atoms. The van der Waals surface area contributed by atoms with Crippen LogP contribution >= 0.6 is 0 Å². The molecule has 20 heavy (non-hydrogen) atoms. The molecule has 2 atom stereocenters. The molecular weight excluding hydrogens is 262 g/mol. The third-order valence-corrected chi connectivity index (χ3v) is 3.33. The number of nitrogens with zero attached hydrogens (tertiary/aromatic N) is 1. The molecule has 0 aliphatic carbocycles. The van der Waals surface area contributed by atoms with E-state index in [1.165, 1.54) is 4.90 Å². The predicted molar refractivity (Wildman–Crippen MR) is 73.3 cm³/mol. The molecule has 1 aliphatic rings. The smallest absolute Gasteiger partial charge is 0.326 e. The Morgan fingerprint density at radius 2 is 2.05 bits per heavy atom. The molecule has 114 valence electrons. The van der Waals surface area contributed by atoms with Gasteiger partial charge in [0, 0.05) is 13.1 Å². The van der Waals surface area contributed by atoms with E-state index in [1.54, 1.807) is 6.92 Å².